The molecule has 2 unspecified atom stereocenters. The van der Waals surface area contributed by atoms with Crippen LogP contribution in [0.25, 0.3) is 0 Å². The molecule has 0 bridgehead atoms. The number of hydrogen-bond acceptors (Lipinski definition) is 8. The van der Waals surface area contributed by atoms with Crippen molar-refractivity contribution in [2.45, 2.75) is 50.7 Å². The van der Waals surface area contributed by atoms with Crippen molar-refractivity contribution in [3.63, 3.8) is 0 Å². The Hall–Kier alpha value is -5.24. The van der Waals surface area contributed by atoms with Crippen molar-refractivity contribution in [1.29, 1.82) is 0 Å². The second-order valence-corrected chi connectivity index (χ2v) is 11.0. The van der Waals surface area contributed by atoms with E-state index < -0.39 is 23.1 Å². The van der Waals surface area contributed by atoms with Crippen LogP contribution in [0.1, 0.15) is 62.0 Å². The zero-order chi connectivity index (χ0) is 32.6. The van der Waals surface area contributed by atoms with E-state index in [0.29, 0.717) is 12.3 Å². The Kier molecular flexibility index (Phi) is 9.96. The van der Waals surface area contributed by atoms with Gasteiger partial charge in [0.05, 0.1) is 30.6 Å². The van der Waals surface area contributed by atoms with Gasteiger partial charge in [-0.15, -0.1) is 0 Å². The van der Waals surface area contributed by atoms with Crippen LogP contribution in [0.3, 0.4) is 0 Å². The number of benzene rings is 4. The highest BCUT2D eigenvalue weighted by Gasteiger charge is 2.58. The topological polar surface area (TPSA) is 95.8 Å². The van der Waals surface area contributed by atoms with Gasteiger partial charge in [-0.2, -0.15) is 0 Å². The van der Waals surface area contributed by atoms with Gasteiger partial charge in [-0.3, -0.25) is 4.79 Å². The summed E-state index contributed by atoms with van der Waals surface area (Å²) in [5.74, 6) is -1.07. The van der Waals surface area contributed by atoms with Crippen LogP contribution >= 0.6 is 0 Å². The van der Waals surface area contributed by atoms with Crippen molar-refractivity contribution in [2.24, 2.45) is 10.3 Å². The maximum Gasteiger partial charge on any atom is 0.359 e. The fourth-order valence-corrected chi connectivity index (χ4v) is 6.17. The highest BCUT2D eigenvalue weighted by Crippen LogP contribution is 2.48. The molecule has 2 heterocycles. The molecule has 0 aliphatic carbocycles. The molecule has 0 aromatic heterocycles. The van der Waals surface area contributed by atoms with Crippen LogP contribution in [-0.4, -0.2) is 36.6 Å². The summed E-state index contributed by atoms with van der Waals surface area (Å²) in [7, 11) is 0. The summed E-state index contributed by atoms with van der Waals surface area (Å²) in [6, 6.07) is 38.5. The fourth-order valence-electron chi connectivity index (χ4n) is 6.17. The molecule has 236 valence electrons. The van der Waals surface area contributed by atoms with E-state index in [1.165, 1.54) is 0 Å². The molecule has 4 aromatic rings. The van der Waals surface area contributed by atoms with E-state index in [1.54, 1.807) is 13.8 Å². The van der Waals surface area contributed by atoms with E-state index in [1.807, 2.05) is 135 Å². The molecular formula is C38H38N2O6. The Bertz CT molecular complexity index is 1680. The maximum absolute atomic E-state index is 13.0. The van der Waals surface area contributed by atoms with Crippen LogP contribution in [-0.2, 0) is 39.8 Å². The Balaban J connectivity index is 0.000000181. The van der Waals surface area contributed by atoms with Crippen molar-refractivity contribution >= 4 is 23.4 Å². The van der Waals surface area contributed by atoms with Gasteiger partial charge in [-0.25, -0.2) is 4.79 Å². The first-order chi connectivity index (χ1) is 22.4. The fraction of sp³-hybridized carbons (Fsp3) is 0.263. The first kappa shape index (κ1) is 32.2. The molecular weight excluding hydrogens is 580 g/mol. The second kappa shape index (κ2) is 14.2. The van der Waals surface area contributed by atoms with Gasteiger partial charge in [0, 0.05) is 5.56 Å². The SMILES string of the molecule is CCOC(=O)[C@@]1(c2ccccc2)C(C)=NOC1c1ccccc1.CCOC(=O)[C@]1(c2ccccc2)ON=C(C)C1c1ccccc1. The third-order valence-corrected chi connectivity index (χ3v) is 8.26. The Morgan fingerprint density at radius 2 is 1.13 bits per heavy atom. The molecule has 46 heavy (non-hydrogen) atoms. The van der Waals surface area contributed by atoms with Gasteiger partial charge >= 0.3 is 11.9 Å². The minimum Gasteiger partial charge on any atom is -0.465 e. The molecule has 8 nitrogen and oxygen atoms in total. The van der Waals surface area contributed by atoms with Gasteiger partial charge in [0.2, 0.25) is 0 Å². The number of carbonyl (C=O) groups excluding carboxylic acids is 2. The number of carbonyl (C=O) groups is 2. The van der Waals surface area contributed by atoms with Crippen LogP contribution < -0.4 is 0 Å². The van der Waals surface area contributed by atoms with E-state index in [9.17, 15) is 9.59 Å². The molecule has 0 saturated heterocycles. The van der Waals surface area contributed by atoms with Crippen molar-refractivity contribution in [3.8, 4) is 0 Å². The van der Waals surface area contributed by atoms with Crippen molar-refractivity contribution in [1.82, 2.24) is 0 Å². The summed E-state index contributed by atoms with van der Waals surface area (Å²) in [5.41, 5.74) is 2.47. The second-order valence-electron chi connectivity index (χ2n) is 11.0. The molecule has 2 aliphatic rings. The average molecular weight is 619 g/mol. The molecule has 2 aliphatic heterocycles. The van der Waals surface area contributed by atoms with Gasteiger partial charge in [0.25, 0.3) is 5.60 Å². The summed E-state index contributed by atoms with van der Waals surface area (Å²) in [4.78, 5) is 37.3. The van der Waals surface area contributed by atoms with E-state index in [4.69, 9.17) is 19.1 Å². The Morgan fingerprint density at radius 3 is 1.67 bits per heavy atom. The normalized spacial score (nSPS) is 23.0. The van der Waals surface area contributed by atoms with Gasteiger partial charge in [-0.05, 0) is 44.4 Å². The molecule has 0 radical (unpaired) electrons. The zero-order valence-corrected chi connectivity index (χ0v) is 26.5. The number of nitrogens with zero attached hydrogens (tertiary/aromatic N) is 2. The quantitative estimate of drug-likeness (QED) is 0.193. The van der Waals surface area contributed by atoms with Gasteiger partial charge in [-0.1, -0.05) is 132 Å². The highest BCUT2D eigenvalue weighted by molar-refractivity contribution is 6.13. The van der Waals surface area contributed by atoms with E-state index >= 15 is 0 Å². The first-order valence-electron chi connectivity index (χ1n) is 15.4. The Morgan fingerprint density at radius 1 is 0.652 bits per heavy atom. The first-order valence-corrected chi connectivity index (χ1v) is 15.4. The zero-order valence-electron chi connectivity index (χ0n) is 26.5. The average Bonchev–Trinajstić information content (AvgIpc) is 3.64. The molecule has 4 aromatic carbocycles. The lowest BCUT2D eigenvalue weighted by molar-refractivity contribution is -0.172. The predicted molar refractivity (Wildman–Crippen MR) is 176 cm³/mol. The maximum atomic E-state index is 13.0. The van der Waals surface area contributed by atoms with Crippen molar-refractivity contribution < 1.29 is 28.7 Å². The largest absolute Gasteiger partial charge is 0.465 e. The molecule has 0 amide bonds. The minimum atomic E-state index is -1.28. The predicted octanol–water partition coefficient (Wildman–Crippen LogP) is 7.27. The lowest BCUT2D eigenvalue weighted by atomic mass is 9.70. The van der Waals surface area contributed by atoms with Crippen LogP contribution in [0.5, 0.6) is 0 Å². The van der Waals surface area contributed by atoms with E-state index in [0.717, 1.165) is 28.0 Å². The lowest BCUT2D eigenvalue weighted by Gasteiger charge is -2.31. The summed E-state index contributed by atoms with van der Waals surface area (Å²) in [5, 5.41) is 8.29. The van der Waals surface area contributed by atoms with Crippen LogP contribution in [0.2, 0.25) is 0 Å². The van der Waals surface area contributed by atoms with Crippen LogP contribution in [0.4, 0.5) is 0 Å². The van der Waals surface area contributed by atoms with E-state index in [-0.39, 0.29) is 18.5 Å². The number of ether oxygens (including phenoxy) is 2. The smallest absolute Gasteiger partial charge is 0.359 e. The van der Waals surface area contributed by atoms with Crippen LogP contribution in [0, 0.1) is 0 Å². The summed E-state index contributed by atoms with van der Waals surface area (Å²) in [6.07, 6.45) is -0.537. The van der Waals surface area contributed by atoms with Crippen molar-refractivity contribution in [3.05, 3.63) is 144 Å². The molecule has 0 fully saturated rings. The molecule has 8 heteroatoms. The minimum absolute atomic E-state index is 0.289. The summed E-state index contributed by atoms with van der Waals surface area (Å²) in [6.45, 7) is 7.88. The Labute approximate surface area is 269 Å². The van der Waals surface area contributed by atoms with Crippen LogP contribution in [0.15, 0.2) is 132 Å². The third kappa shape index (κ3) is 5.78. The molecule has 6 rings (SSSR count). The molecule has 4 atom stereocenters. The van der Waals surface area contributed by atoms with Gasteiger partial charge in [0.1, 0.15) is 0 Å². The van der Waals surface area contributed by atoms with Crippen molar-refractivity contribution in [2.75, 3.05) is 13.2 Å². The van der Waals surface area contributed by atoms with E-state index in [2.05, 4.69) is 10.3 Å². The van der Waals surface area contributed by atoms with Gasteiger partial charge in [0.15, 0.2) is 11.5 Å². The third-order valence-electron chi connectivity index (χ3n) is 8.26. The number of oxime groups is 2. The number of hydrogen-bond donors (Lipinski definition) is 0. The standard InChI is InChI=1S/2C19H19NO3/c1-3-22-18(21)19(16-12-8-5-9-13-16)14(2)20-23-17(19)15-10-6-4-7-11-15;1-3-22-18(21)19(16-12-8-5-9-13-16)17(14(2)20-23-19)15-10-6-4-7-11-15/h2*4-13,17H,3H2,1-2H3/t2*17?,19-/m11/s1. The molecule has 0 spiro atoms. The number of esters is 2. The summed E-state index contributed by atoms with van der Waals surface area (Å²) >= 11 is 0. The summed E-state index contributed by atoms with van der Waals surface area (Å²) < 4.78 is 10.8. The number of rotatable bonds is 8. The molecule has 0 N–H and O–H groups in total. The molecule has 0 saturated carbocycles. The lowest BCUT2D eigenvalue weighted by Crippen LogP contribution is -2.46. The monoisotopic (exact) mass is 618 g/mol. The highest BCUT2D eigenvalue weighted by atomic mass is 16.7. The van der Waals surface area contributed by atoms with Gasteiger partial charge < -0.3 is 19.1 Å².